The zero-order valence-electron chi connectivity index (χ0n) is 10.7. The quantitative estimate of drug-likeness (QED) is 0.853. The molecule has 0 heterocycles. The summed E-state index contributed by atoms with van der Waals surface area (Å²) in [6, 6.07) is 6.74. The van der Waals surface area contributed by atoms with Crippen molar-refractivity contribution in [1.29, 1.82) is 0 Å². The SMILES string of the molecule is CC(C)c1ccc2c(c1)C(CC(N)=O)CCC2. The Morgan fingerprint density at radius 3 is 2.88 bits per heavy atom. The van der Waals surface area contributed by atoms with Gasteiger partial charge in [0.25, 0.3) is 0 Å². The molecular weight excluding hydrogens is 210 g/mol. The Morgan fingerprint density at radius 2 is 2.24 bits per heavy atom. The van der Waals surface area contributed by atoms with Gasteiger partial charge in [0.1, 0.15) is 0 Å². The normalized spacial score (nSPS) is 19.1. The minimum Gasteiger partial charge on any atom is -0.370 e. The first-order valence-electron chi connectivity index (χ1n) is 6.49. The van der Waals surface area contributed by atoms with Crippen LogP contribution in [0.3, 0.4) is 0 Å². The number of aryl methyl sites for hydroxylation is 1. The smallest absolute Gasteiger partial charge is 0.218 e. The monoisotopic (exact) mass is 231 g/mol. The molecule has 2 rings (SSSR count). The minimum absolute atomic E-state index is 0.183. The van der Waals surface area contributed by atoms with Gasteiger partial charge in [-0.15, -0.1) is 0 Å². The molecule has 1 aromatic rings. The average molecular weight is 231 g/mol. The number of carbonyl (C=O) groups is 1. The molecule has 1 aromatic carbocycles. The molecule has 0 aliphatic heterocycles. The van der Waals surface area contributed by atoms with Crippen LogP contribution < -0.4 is 5.73 Å². The Balaban J connectivity index is 2.33. The van der Waals surface area contributed by atoms with Crippen molar-refractivity contribution < 1.29 is 4.79 Å². The molecule has 2 N–H and O–H groups in total. The molecule has 1 aliphatic carbocycles. The first kappa shape index (κ1) is 12.2. The van der Waals surface area contributed by atoms with Crippen LogP contribution >= 0.6 is 0 Å². The van der Waals surface area contributed by atoms with E-state index in [1.807, 2.05) is 0 Å². The first-order chi connectivity index (χ1) is 8.08. The first-order valence-corrected chi connectivity index (χ1v) is 6.49. The topological polar surface area (TPSA) is 43.1 Å². The van der Waals surface area contributed by atoms with Gasteiger partial charge in [-0.3, -0.25) is 4.79 Å². The summed E-state index contributed by atoms with van der Waals surface area (Å²) in [5.41, 5.74) is 9.47. The largest absolute Gasteiger partial charge is 0.370 e. The number of hydrogen-bond acceptors (Lipinski definition) is 1. The van der Waals surface area contributed by atoms with Gasteiger partial charge in [-0.25, -0.2) is 0 Å². The molecule has 0 aromatic heterocycles. The highest BCUT2D eigenvalue weighted by atomic mass is 16.1. The van der Waals surface area contributed by atoms with Crippen LogP contribution in [0.4, 0.5) is 0 Å². The summed E-state index contributed by atoms with van der Waals surface area (Å²) in [6.07, 6.45) is 3.90. The van der Waals surface area contributed by atoms with Gasteiger partial charge >= 0.3 is 0 Å². The van der Waals surface area contributed by atoms with Crippen molar-refractivity contribution in [3.8, 4) is 0 Å². The Morgan fingerprint density at radius 1 is 1.47 bits per heavy atom. The number of nitrogens with two attached hydrogens (primary N) is 1. The molecule has 17 heavy (non-hydrogen) atoms. The fourth-order valence-corrected chi connectivity index (χ4v) is 2.73. The number of primary amides is 1. The van der Waals surface area contributed by atoms with Gasteiger partial charge in [-0.05, 0) is 47.8 Å². The summed E-state index contributed by atoms with van der Waals surface area (Å²) in [5, 5.41) is 0. The van der Waals surface area contributed by atoms with E-state index in [4.69, 9.17) is 5.73 Å². The van der Waals surface area contributed by atoms with E-state index in [-0.39, 0.29) is 5.91 Å². The molecule has 0 bridgehead atoms. The molecule has 1 atom stereocenters. The van der Waals surface area contributed by atoms with Gasteiger partial charge in [0.2, 0.25) is 5.91 Å². The van der Waals surface area contributed by atoms with Crippen LogP contribution in [0.5, 0.6) is 0 Å². The van der Waals surface area contributed by atoms with E-state index < -0.39 is 0 Å². The third kappa shape index (κ3) is 2.68. The Hall–Kier alpha value is -1.31. The van der Waals surface area contributed by atoms with Gasteiger partial charge in [0.05, 0.1) is 0 Å². The zero-order chi connectivity index (χ0) is 12.4. The Bertz CT molecular complexity index is 423. The molecule has 2 heteroatoms. The van der Waals surface area contributed by atoms with Gasteiger partial charge in [0, 0.05) is 6.42 Å². The van der Waals surface area contributed by atoms with Gasteiger partial charge < -0.3 is 5.73 Å². The molecule has 0 radical (unpaired) electrons. The van der Waals surface area contributed by atoms with Crippen LogP contribution in [0.25, 0.3) is 0 Å². The van der Waals surface area contributed by atoms with Crippen molar-refractivity contribution in [2.75, 3.05) is 0 Å². The molecule has 0 saturated heterocycles. The second-order valence-corrected chi connectivity index (χ2v) is 5.37. The van der Waals surface area contributed by atoms with E-state index in [1.54, 1.807) is 0 Å². The van der Waals surface area contributed by atoms with E-state index in [2.05, 4.69) is 32.0 Å². The van der Waals surface area contributed by atoms with E-state index in [0.29, 0.717) is 18.3 Å². The van der Waals surface area contributed by atoms with Crippen LogP contribution in [0.2, 0.25) is 0 Å². The molecule has 2 nitrogen and oxygen atoms in total. The van der Waals surface area contributed by atoms with Crippen LogP contribution in [-0.4, -0.2) is 5.91 Å². The van der Waals surface area contributed by atoms with Crippen LogP contribution in [-0.2, 0) is 11.2 Å². The van der Waals surface area contributed by atoms with Crippen molar-refractivity contribution in [2.45, 2.75) is 51.4 Å². The third-order valence-corrected chi connectivity index (χ3v) is 3.72. The maximum atomic E-state index is 11.1. The maximum absolute atomic E-state index is 11.1. The summed E-state index contributed by atoms with van der Waals surface area (Å²) in [4.78, 5) is 11.1. The third-order valence-electron chi connectivity index (χ3n) is 3.72. The van der Waals surface area contributed by atoms with Crippen molar-refractivity contribution in [3.05, 3.63) is 34.9 Å². The number of rotatable bonds is 3. The van der Waals surface area contributed by atoms with Crippen LogP contribution in [0.1, 0.15) is 61.6 Å². The van der Waals surface area contributed by atoms with Crippen LogP contribution in [0.15, 0.2) is 18.2 Å². The molecule has 0 spiro atoms. The molecule has 1 amide bonds. The van der Waals surface area contributed by atoms with E-state index >= 15 is 0 Å². The lowest BCUT2D eigenvalue weighted by atomic mass is 9.79. The van der Waals surface area contributed by atoms with E-state index in [9.17, 15) is 4.79 Å². The predicted molar refractivity (Wildman–Crippen MR) is 70.0 cm³/mol. The molecule has 0 fully saturated rings. The number of amides is 1. The molecular formula is C15H21NO. The average Bonchev–Trinajstić information content (AvgIpc) is 2.28. The van der Waals surface area contributed by atoms with Gasteiger partial charge in [-0.1, -0.05) is 32.0 Å². The fraction of sp³-hybridized carbons (Fsp3) is 0.533. The van der Waals surface area contributed by atoms with Gasteiger partial charge in [0.15, 0.2) is 0 Å². The van der Waals surface area contributed by atoms with E-state index in [1.165, 1.54) is 23.1 Å². The van der Waals surface area contributed by atoms with Gasteiger partial charge in [-0.2, -0.15) is 0 Å². The summed E-state index contributed by atoms with van der Waals surface area (Å²) in [5.74, 6) is 0.698. The highest BCUT2D eigenvalue weighted by Crippen LogP contribution is 2.35. The summed E-state index contributed by atoms with van der Waals surface area (Å²) >= 11 is 0. The number of hydrogen-bond donors (Lipinski definition) is 1. The Labute approximate surface area is 103 Å². The summed E-state index contributed by atoms with van der Waals surface area (Å²) in [7, 11) is 0. The standard InChI is InChI=1S/C15H21NO/c1-10(2)12-7-6-11-4-3-5-13(9-15(16)17)14(11)8-12/h6-8,10,13H,3-5,9H2,1-2H3,(H2,16,17). The molecule has 0 saturated carbocycles. The van der Waals surface area contributed by atoms with Crippen molar-refractivity contribution in [2.24, 2.45) is 5.73 Å². The second-order valence-electron chi connectivity index (χ2n) is 5.37. The van der Waals surface area contributed by atoms with Crippen molar-refractivity contribution in [1.82, 2.24) is 0 Å². The molecule has 1 unspecified atom stereocenters. The number of fused-ring (bicyclic) bond motifs is 1. The highest BCUT2D eigenvalue weighted by Gasteiger charge is 2.22. The van der Waals surface area contributed by atoms with Crippen LogP contribution in [0, 0.1) is 0 Å². The predicted octanol–water partition coefficient (Wildman–Crippen LogP) is 3.11. The maximum Gasteiger partial charge on any atom is 0.218 e. The minimum atomic E-state index is -0.183. The number of benzene rings is 1. The molecule has 1 aliphatic rings. The van der Waals surface area contributed by atoms with Crippen molar-refractivity contribution >= 4 is 5.91 Å². The molecule has 92 valence electrons. The highest BCUT2D eigenvalue weighted by molar-refractivity contribution is 5.75. The zero-order valence-corrected chi connectivity index (χ0v) is 10.7. The number of carbonyl (C=O) groups excluding carboxylic acids is 1. The second kappa shape index (κ2) is 4.91. The summed E-state index contributed by atoms with van der Waals surface area (Å²) in [6.45, 7) is 4.40. The van der Waals surface area contributed by atoms with Crippen molar-refractivity contribution in [3.63, 3.8) is 0 Å². The lowest BCUT2D eigenvalue weighted by Gasteiger charge is -2.25. The lowest BCUT2D eigenvalue weighted by molar-refractivity contribution is -0.118. The lowest BCUT2D eigenvalue weighted by Crippen LogP contribution is -2.19. The fourth-order valence-electron chi connectivity index (χ4n) is 2.73. The summed E-state index contributed by atoms with van der Waals surface area (Å²) < 4.78 is 0. The Kier molecular flexibility index (Phi) is 3.51. The van der Waals surface area contributed by atoms with E-state index in [0.717, 1.165) is 12.8 Å².